The maximum absolute atomic E-state index is 13.3. The van der Waals surface area contributed by atoms with Crippen LogP contribution in [0.4, 0.5) is 17.1 Å². The normalized spacial score (nSPS) is 13.2. The molecule has 0 aromatic heterocycles. The molecule has 0 fully saturated rings. The van der Waals surface area contributed by atoms with Gasteiger partial charge in [0.2, 0.25) is 0 Å². The number of hydrogen-bond acceptors (Lipinski definition) is 5. The second kappa shape index (κ2) is 9.15. The average molecular weight is 466 g/mol. The van der Waals surface area contributed by atoms with Gasteiger partial charge in [-0.2, -0.15) is 0 Å². The summed E-state index contributed by atoms with van der Waals surface area (Å²) in [6, 6.07) is 19.1. The van der Waals surface area contributed by atoms with Gasteiger partial charge in [-0.25, -0.2) is 8.42 Å². The lowest BCUT2D eigenvalue weighted by atomic mass is 10.0. The Morgan fingerprint density at radius 2 is 1.70 bits per heavy atom. The van der Waals surface area contributed by atoms with Gasteiger partial charge < -0.3 is 15.0 Å². The molecule has 4 rings (SSSR count). The van der Waals surface area contributed by atoms with E-state index in [2.05, 4.69) is 5.32 Å². The van der Waals surface area contributed by atoms with Gasteiger partial charge in [-0.1, -0.05) is 0 Å². The van der Waals surface area contributed by atoms with E-state index in [-0.39, 0.29) is 10.8 Å². The Balaban J connectivity index is 1.56. The monoisotopic (exact) mass is 465 g/mol. The molecule has 1 aliphatic heterocycles. The average Bonchev–Trinajstić information content (AvgIpc) is 2.83. The molecule has 1 aliphatic rings. The fourth-order valence-corrected chi connectivity index (χ4v) is 5.42. The van der Waals surface area contributed by atoms with Crippen LogP contribution >= 0.6 is 0 Å². The van der Waals surface area contributed by atoms with E-state index < -0.39 is 10.0 Å². The van der Waals surface area contributed by atoms with Crippen LogP contribution in [0.5, 0.6) is 5.75 Å². The summed E-state index contributed by atoms with van der Waals surface area (Å²) in [5.74, 6) is 0.392. The van der Waals surface area contributed by atoms with Crippen molar-refractivity contribution in [2.45, 2.75) is 17.7 Å². The predicted molar refractivity (Wildman–Crippen MR) is 131 cm³/mol. The number of carbonyl (C=O) groups excluding carboxylic acids is 1. The Bertz CT molecular complexity index is 1250. The number of nitrogens with one attached hydrogen (secondary N) is 1. The number of fused-ring (bicyclic) bond motifs is 1. The molecule has 0 atom stereocenters. The molecule has 8 heteroatoms. The number of amides is 1. The van der Waals surface area contributed by atoms with Crippen molar-refractivity contribution in [1.29, 1.82) is 0 Å². The third kappa shape index (κ3) is 4.66. The topological polar surface area (TPSA) is 79.0 Å². The number of sulfonamides is 1. The number of methoxy groups -OCH3 is 1. The van der Waals surface area contributed by atoms with E-state index in [1.165, 1.54) is 4.31 Å². The second-order valence-corrected chi connectivity index (χ2v) is 9.96. The van der Waals surface area contributed by atoms with Crippen LogP contribution in [0.25, 0.3) is 0 Å². The first kappa shape index (κ1) is 22.7. The van der Waals surface area contributed by atoms with Crippen molar-refractivity contribution in [3.8, 4) is 5.75 Å². The summed E-state index contributed by atoms with van der Waals surface area (Å²) in [4.78, 5) is 14.9. The number of nitrogens with zero attached hydrogens (tertiary/aromatic N) is 2. The molecule has 0 saturated heterocycles. The van der Waals surface area contributed by atoms with Crippen LogP contribution < -0.4 is 19.3 Å². The van der Waals surface area contributed by atoms with E-state index in [1.54, 1.807) is 55.6 Å². The highest BCUT2D eigenvalue weighted by Gasteiger charge is 2.29. The van der Waals surface area contributed by atoms with Crippen LogP contribution in [-0.4, -0.2) is 42.1 Å². The van der Waals surface area contributed by atoms with Crippen LogP contribution in [0.2, 0.25) is 0 Å². The van der Waals surface area contributed by atoms with E-state index in [9.17, 15) is 13.2 Å². The summed E-state index contributed by atoms with van der Waals surface area (Å²) in [6.45, 7) is 0.408. The van der Waals surface area contributed by atoms with Crippen LogP contribution in [-0.2, 0) is 16.4 Å². The Kier molecular flexibility index (Phi) is 6.29. The zero-order valence-electron chi connectivity index (χ0n) is 18.9. The fraction of sp³-hybridized carbons (Fsp3) is 0.240. The van der Waals surface area contributed by atoms with Gasteiger partial charge in [0.05, 0.1) is 17.7 Å². The first-order chi connectivity index (χ1) is 15.8. The Hall–Kier alpha value is -3.52. The lowest BCUT2D eigenvalue weighted by molar-refractivity contribution is 0.102. The highest BCUT2D eigenvalue weighted by atomic mass is 32.2. The van der Waals surface area contributed by atoms with Crippen molar-refractivity contribution >= 4 is 33.0 Å². The van der Waals surface area contributed by atoms with Crippen molar-refractivity contribution in [3.05, 3.63) is 77.9 Å². The first-order valence-electron chi connectivity index (χ1n) is 10.7. The number of rotatable bonds is 6. The van der Waals surface area contributed by atoms with Crippen molar-refractivity contribution < 1.29 is 17.9 Å². The highest BCUT2D eigenvalue weighted by molar-refractivity contribution is 7.92. The largest absolute Gasteiger partial charge is 0.497 e. The molecule has 0 aliphatic carbocycles. The Labute approximate surface area is 194 Å². The number of carbonyl (C=O) groups is 1. The Morgan fingerprint density at radius 3 is 2.33 bits per heavy atom. The van der Waals surface area contributed by atoms with Crippen LogP contribution in [0.3, 0.4) is 0 Å². The standard InChI is InChI=1S/C25H27N3O4S/c1-27(2)21-9-6-18(7-10-21)25(29)26-20-8-15-24-19(17-20)5-4-16-28(24)33(30,31)23-13-11-22(32-3)12-14-23/h6-15,17H,4-5,16H2,1-3H3,(H,26,29). The van der Waals surface area contributed by atoms with Crippen molar-refractivity contribution in [1.82, 2.24) is 0 Å². The first-order valence-corrected chi connectivity index (χ1v) is 12.1. The third-order valence-electron chi connectivity index (χ3n) is 5.71. The minimum absolute atomic E-state index is 0.209. The molecule has 1 heterocycles. The minimum atomic E-state index is -3.70. The van der Waals surface area contributed by atoms with Crippen LogP contribution in [0.15, 0.2) is 71.6 Å². The van der Waals surface area contributed by atoms with Gasteiger partial charge in [0, 0.05) is 37.6 Å². The van der Waals surface area contributed by atoms with Crippen LogP contribution in [0, 0.1) is 0 Å². The molecule has 0 saturated carbocycles. The number of aryl methyl sites for hydroxylation is 1. The molecule has 0 spiro atoms. The molecule has 0 unspecified atom stereocenters. The molecular weight excluding hydrogens is 438 g/mol. The second-order valence-electron chi connectivity index (χ2n) is 8.10. The number of anilines is 3. The van der Waals surface area contributed by atoms with E-state index in [4.69, 9.17) is 4.74 Å². The Morgan fingerprint density at radius 1 is 1.00 bits per heavy atom. The number of benzene rings is 3. The summed E-state index contributed by atoms with van der Waals surface area (Å²) in [6.07, 6.45) is 1.44. The fourth-order valence-electron chi connectivity index (χ4n) is 3.88. The van der Waals surface area contributed by atoms with Crippen molar-refractivity contribution in [2.24, 2.45) is 0 Å². The molecule has 0 bridgehead atoms. The molecule has 1 amide bonds. The predicted octanol–water partition coefficient (Wildman–Crippen LogP) is 4.16. The summed E-state index contributed by atoms with van der Waals surface area (Å²) in [5.41, 5.74) is 3.74. The summed E-state index contributed by atoms with van der Waals surface area (Å²) in [7, 11) is 1.73. The minimum Gasteiger partial charge on any atom is -0.497 e. The maximum Gasteiger partial charge on any atom is 0.264 e. The van der Waals surface area contributed by atoms with Crippen LogP contribution in [0.1, 0.15) is 22.3 Å². The molecule has 0 radical (unpaired) electrons. The zero-order valence-corrected chi connectivity index (χ0v) is 19.7. The molecular formula is C25H27N3O4S. The molecule has 7 nitrogen and oxygen atoms in total. The maximum atomic E-state index is 13.3. The van der Waals surface area contributed by atoms with E-state index in [0.29, 0.717) is 35.7 Å². The molecule has 1 N–H and O–H groups in total. The molecule has 172 valence electrons. The lowest BCUT2D eigenvalue weighted by Gasteiger charge is -2.31. The molecule has 3 aromatic rings. The van der Waals surface area contributed by atoms with Gasteiger partial charge in [0.1, 0.15) is 5.75 Å². The van der Waals surface area contributed by atoms with Crippen molar-refractivity contribution in [2.75, 3.05) is 42.3 Å². The molecule has 3 aromatic carbocycles. The van der Waals surface area contributed by atoms with E-state index >= 15 is 0 Å². The summed E-state index contributed by atoms with van der Waals surface area (Å²) >= 11 is 0. The highest BCUT2D eigenvalue weighted by Crippen LogP contribution is 2.34. The van der Waals surface area contributed by atoms with Gasteiger partial charge in [0.25, 0.3) is 15.9 Å². The summed E-state index contributed by atoms with van der Waals surface area (Å²) < 4.78 is 33.1. The summed E-state index contributed by atoms with van der Waals surface area (Å²) in [5, 5.41) is 2.92. The zero-order chi connectivity index (χ0) is 23.6. The number of hydrogen-bond donors (Lipinski definition) is 1. The smallest absolute Gasteiger partial charge is 0.264 e. The number of ether oxygens (including phenoxy) is 1. The van der Waals surface area contributed by atoms with Gasteiger partial charge in [-0.3, -0.25) is 9.10 Å². The van der Waals surface area contributed by atoms with Gasteiger partial charge in [-0.05, 0) is 85.1 Å². The lowest BCUT2D eigenvalue weighted by Crippen LogP contribution is -2.35. The van der Waals surface area contributed by atoms with E-state index in [0.717, 1.165) is 17.7 Å². The van der Waals surface area contributed by atoms with E-state index in [1.807, 2.05) is 37.2 Å². The van der Waals surface area contributed by atoms with Crippen molar-refractivity contribution in [3.63, 3.8) is 0 Å². The van der Waals surface area contributed by atoms with Gasteiger partial charge in [-0.15, -0.1) is 0 Å². The SMILES string of the molecule is COc1ccc(S(=O)(=O)N2CCCc3cc(NC(=O)c4ccc(N(C)C)cc4)ccc32)cc1. The quantitative estimate of drug-likeness (QED) is 0.592. The third-order valence-corrected chi connectivity index (χ3v) is 7.53. The van der Waals surface area contributed by atoms with Gasteiger partial charge in [0.15, 0.2) is 0 Å². The van der Waals surface area contributed by atoms with Gasteiger partial charge >= 0.3 is 0 Å². The molecule has 33 heavy (non-hydrogen) atoms.